The molecule has 3 atom stereocenters. The number of hydrogen-bond donors (Lipinski definition) is 1. The lowest BCUT2D eigenvalue weighted by molar-refractivity contribution is 0.0451. The van der Waals surface area contributed by atoms with Crippen molar-refractivity contribution in [2.45, 2.75) is 57.2 Å². The summed E-state index contributed by atoms with van der Waals surface area (Å²) in [6.07, 6.45) is 5.71. The van der Waals surface area contributed by atoms with Gasteiger partial charge in [-0.25, -0.2) is 0 Å². The molecule has 1 aliphatic carbocycles. The number of aliphatic hydroxyl groups excluding tert-OH is 1. The van der Waals surface area contributed by atoms with E-state index in [1.54, 1.807) is 0 Å². The third-order valence-corrected chi connectivity index (χ3v) is 4.19. The molecular formula is C13H26N2O. The highest BCUT2D eigenvalue weighted by molar-refractivity contribution is 4.85. The van der Waals surface area contributed by atoms with Crippen LogP contribution in [0.1, 0.15) is 39.0 Å². The average Bonchev–Trinajstić information content (AvgIpc) is 2.39. The van der Waals surface area contributed by atoms with Crippen molar-refractivity contribution < 1.29 is 5.11 Å². The number of aliphatic hydroxyl groups is 1. The minimum Gasteiger partial charge on any atom is -0.393 e. The molecule has 3 nitrogen and oxygen atoms in total. The molecule has 2 rings (SSSR count). The molecule has 1 saturated carbocycles. The first-order valence-corrected chi connectivity index (χ1v) is 6.79. The van der Waals surface area contributed by atoms with Crippen LogP contribution in [0.15, 0.2) is 0 Å². The zero-order valence-corrected chi connectivity index (χ0v) is 10.7. The Kier molecular flexibility index (Phi) is 4.22. The van der Waals surface area contributed by atoms with E-state index in [2.05, 4.69) is 23.8 Å². The van der Waals surface area contributed by atoms with Gasteiger partial charge >= 0.3 is 0 Å². The molecule has 1 aliphatic heterocycles. The lowest BCUT2D eigenvalue weighted by Gasteiger charge is -2.39. The maximum absolute atomic E-state index is 9.78. The van der Waals surface area contributed by atoms with Gasteiger partial charge in [0.25, 0.3) is 0 Å². The van der Waals surface area contributed by atoms with E-state index in [-0.39, 0.29) is 6.10 Å². The fourth-order valence-electron chi connectivity index (χ4n) is 3.37. The number of hydrogen-bond acceptors (Lipinski definition) is 3. The van der Waals surface area contributed by atoms with Gasteiger partial charge in [-0.2, -0.15) is 0 Å². The minimum absolute atomic E-state index is 0.0491. The van der Waals surface area contributed by atoms with Crippen molar-refractivity contribution in [3.63, 3.8) is 0 Å². The van der Waals surface area contributed by atoms with Crippen molar-refractivity contribution in [3.8, 4) is 0 Å². The average molecular weight is 226 g/mol. The van der Waals surface area contributed by atoms with E-state index >= 15 is 0 Å². The van der Waals surface area contributed by atoms with Crippen molar-refractivity contribution in [2.75, 3.05) is 26.7 Å². The summed E-state index contributed by atoms with van der Waals surface area (Å²) < 4.78 is 0. The van der Waals surface area contributed by atoms with Gasteiger partial charge in [0.2, 0.25) is 0 Å². The van der Waals surface area contributed by atoms with E-state index in [1.807, 2.05) is 0 Å². The van der Waals surface area contributed by atoms with Crippen LogP contribution >= 0.6 is 0 Å². The van der Waals surface area contributed by atoms with Crippen LogP contribution in [0.3, 0.4) is 0 Å². The molecule has 0 amide bonds. The summed E-state index contributed by atoms with van der Waals surface area (Å²) in [6.45, 7) is 5.94. The molecule has 0 aromatic heterocycles. The molecule has 0 spiro atoms. The van der Waals surface area contributed by atoms with Gasteiger partial charge in [0.15, 0.2) is 0 Å². The van der Waals surface area contributed by atoms with E-state index in [0.29, 0.717) is 12.1 Å². The highest BCUT2D eigenvalue weighted by Gasteiger charge is 2.30. The molecule has 94 valence electrons. The Hall–Kier alpha value is -0.120. The summed E-state index contributed by atoms with van der Waals surface area (Å²) in [5.74, 6) is 0. The Morgan fingerprint density at radius 2 is 1.94 bits per heavy atom. The summed E-state index contributed by atoms with van der Waals surface area (Å²) in [4.78, 5) is 5.08. The van der Waals surface area contributed by atoms with Crippen LogP contribution in [-0.4, -0.2) is 59.8 Å². The predicted molar refractivity (Wildman–Crippen MR) is 66.5 cm³/mol. The van der Waals surface area contributed by atoms with E-state index in [9.17, 15) is 5.11 Å². The number of rotatable bonds is 1. The van der Waals surface area contributed by atoms with Crippen molar-refractivity contribution in [2.24, 2.45) is 0 Å². The molecule has 1 heterocycles. The van der Waals surface area contributed by atoms with Crippen molar-refractivity contribution in [1.82, 2.24) is 9.80 Å². The zero-order valence-electron chi connectivity index (χ0n) is 10.7. The third kappa shape index (κ3) is 2.96. The molecule has 3 unspecified atom stereocenters. The molecule has 0 radical (unpaired) electrons. The van der Waals surface area contributed by atoms with Gasteiger partial charge in [-0.3, -0.25) is 4.90 Å². The molecule has 3 heteroatoms. The van der Waals surface area contributed by atoms with E-state index in [0.717, 1.165) is 12.8 Å². The van der Waals surface area contributed by atoms with Gasteiger partial charge in [-0.15, -0.1) is 0 Å². The lowest BCUT2D eigenvalue weighted by atomic mass is 9.91. The Labute approximate surface area is 99.4 Å². The summed E-state index contributed by atoms with van der Waals surface area (Å²) >= 11 is 0. The molecule has 1 N–H and O–H groups in total. The van der Waals surface area contributed by atoms with Crippen LogP contribution < -0.4 is 0 Å². The monoisotopic (exact) mass is 226 g/mol. The second-order valence-electron chi connectivity index (χ2n) is 5.68. The summed E-state index contributed by atoms with van der Waals surface area (Å²) in [5.41, 5.74) is 0. The molecule has 16 heavy (non-hydrogen) atoms. The summed E-state index contributed by atoms with van der Waals surface area (Å²) in [5, 5.41) is 9.78. The van der Waals surface area contributed by atoms with Gasteiger partial charge in [0, 0.05) is 18.6 Å². The maximum Gasteiger partial charge on any atom is 0.0555 e. The Balaban J connectivity index is 1.95. The Morgan fingerprint density at radius 3 is 2.69 bits per heavy atom. The SMILES string of the molecule is CC1CN(C)CCCN1C1CCCC(O)C1. The van der Waals surface area contributed by atoms with Crippen LogP contribution in [0.2, 0.25) is 0 Å². The molecule has 2 fully saturated rings. The molecule has 1 saturated heterocycles. The maximum atomic E-state index is 9.78. The van der Waals surface area contributed by atoms with E-state index in [1.165, 1.54) is 38.9 Å². The van der Waals surface area contributed by atoms with Crippen LogP contribution in [0.25, 0.3) is 0 Å². The van der Waals surface area contributed by atoms with Gasteiger partial charge in [-0.1, -0.05) is 0 Å². The summed E-state index contributed by atoms with van der Waals surface area (Å²) in [6, 6.07) is 1.27. The first kappa shape index (κ1) is 12.3. The van der Waals surface area contributed by atoms with Crippen molar-refractivity contribution in [3.05, 3.63) is 0 Å². The molecule has 0 aromatic rings. The quantitative estimate of drug-likeness (QED) is 0.730. The van der Waals surface area contributed by atoms with Gasteiger partial charge in [0.05, 0.1) is 6.10 Å². The largest absolute Gasteiger partial charge is 0.393 e. The fourth-order valence-corrected chi connectivity index (χ4v) is 3.37. The normalized spacial score (nSPS) is 39.6. The lowest BCUT2D eigenvalue weighted by Crippen LogP contribution is -2.47. The third-order valence-electron chi connectivity index (χ3n) is 4.19. The van der Waals surface area contributed by atoms with Gasteiger partial charge in [-0.05, 0) is 59.2 Å². The number of likely N-dealkylation sites (N-methyl/N-ethyl adjacent to an activating group) is 1. The van der Waals surface area contributed by atoms with Gasteiger partial charge < -0.3 is 10.0 Å². The molecule has 0 bridgehead atoms. The first-order chi connectivity index (χ1) is 7.66. The molecular weight excluding hydrogens is 200 g/mol. The zero-order chi connectivity index (χ0) is 11.5. The minimum atomic E-state index is -0.0491. The van der Waals surface area contributed by atoms with Crippen LogP contribution in [-0.2, 0) is 0 Å². The van der Waals surface area contributed by atoms with Crippen LogP contribution in [0, 0.1) is 0 Å². The highest BCUT2D eigenvalue weighted by Crippen LogP contribution is 2.25. The summed E-state index contributed by atoms with van der Waals surface area (Å²) in [7, 11) is 2.22. The highest BCUT2D eigenvalue weighted by atomic mass is 16.3. The Morgan fingerprint density at radius 1 is 1.12 bits per heavy atom. The topological polar surface area (TPSA) is 26.7 Å². The van der Waals surface area contributed by atoms with Crippen LogP contribution in [0.5, 0.6) is 0 Å². The Bertz CT molecular complexity index is 222. The molecule has 2 aliphatic rings. The van der Waals surface area contributed by atoms with E-state index in [4.69, 9.17) is 0 Å². The van der Waals surface area contributed by atoms with Crippen molar-refractivity contribution >= 4 is 0 Å². The number of nitrogens with zero attached hydrogens (tertiary/aromatic N) is 2. The van der Waals surface area contributed by atoms with E-state index < -0.39 is 0 Å². The second-order valence-corrected chi connectivity index (χ2v) is 5.68. The smallest absolute Gasteiger partial charge is 0.0555 e. The fraction of sp³-hybridized carbons (Fsp3) is 1.00. The van der Waals surface area contributed by atoms with Gasteiger partial charge in [0.1, 0.15) is 0 Å². The first-order valence-electron chi connectivity index (χ1n) is 6.79. The predicted octanol–water partition coefficient (Wildman–Crippen LogP) is 1.32. The standard InChI is InChI=1S/C13H26N2O/c1-11-10-14(2)7-4-8-15(11)12-5-3-6-13(16)9-12/h11-13,16H,3-10H2,1-2H3. The van der Waals surface area contributed by atoms with Crippen LogP contribution in [0.4, 0.5) is 0 Å². The second kappa shape index (κ2) is 5.48. The molecule has 0 aromatic carbocycles. The van der Waals surface area contributed by atoms with Crippen molar-refractivity contribution in [1.29, 1.82) is 0 Å².